The zero-order valence-electron chi connectivity index (χ0n) is 17.7. The Kier molecular flexibility index (Phi) is 8.24. The topological polar surface area (TPSA) is 84.9 Å². The van der Waals surface area contributed by atoms with Gasteiger partial charge >= 0.3 is 0 Å². The van der Waals surface area contributed by atoms with Gasteiger partial charge in [0.1, 0.15) is 4.90 Å². The van der Waals surface area contributed by atoms with Gasteiger partial charge in [0.25, 0.3) is 0 Å². The van der Waals surface area contributed by atoms with Gasteiger partial charge < -0.3 is 9.47 Å². The van der Waals surface area contributed by atoms with E-state index >= 15 is 0 Å². The van der Waals surface area contributed by atoms with Gasteiger partial charge in [0.2, 0.25) is 10.0 Å². The van der Waals surface area contributed by atoms with E-state index in [1.54, 1.807) is 19.9 Å². The van der Waals surface area contributed by atoms with Crippen LogP contribution in [0.1, 0.15) is 49.9 Å². The van der Waals surface area contributed by atoms with Crippen molar-refractivity contribution in [3.05, 3.63) is 30.4 Å². The van der Waals surface area contributed by atoms with Crippen molar-refractivity contribution in [3.8, 4) is 11.5 Å². The molecule has 29 heavy (non-hydrogen) atoms. The van der Waals surface area contributed by atoms with Crippen molar-refractivity contribution in [1.29, 1.82) is 0 Å². The minimum absolute atomic E-state index is 0.0881. The third kappa shape index (κ3) is 5.81. The molecule has 7 nitrogen and oxygen atoms in total. The molecule has 1 N–H and O–H groups in total. The van der Waals surface area contributed by atoms with Gasteiger partial charge in [0.05, 0.1) is 14.2 Å². The minimum Gasteiger partial charge on any atom is -0.493 e. The van der Waals surface area contributed by atoms with E-state index < -0.39 is 10.0 Å². The molecule has 1 heterocycles. The maximum atomic E-state index is 12.9. The summed E-state index contributed by atoms with van der Waals surface area (Å²) >= 11 is 0. The molecule has 1 atom stereocenters. The van der Waals surface area contributed by atoms with E-state index in [0.29, 0.717) is 18.0 Å². The van der Waals surface area contributed by atoms with E-state index in [2.05, 4.69) is 16.2 Å². The molecule has 0 bridgehead atoms. The van der Waals surface area contributed by atoms with E-state index in [1.165, 1.54) is 20.3 Å². The number of Topliss-reactive ketones (excluding diaryl/α,β-unsaturated/α-hetero) is 1. The van der Waals surface area contributed by atoms with E-state index in [1.807, 2.05) is 6.08 Å². The summed E-state index contributed by atoms with van der Waals surface area (Å²) in [4.78, 5) is 15.1. The number of ether oxygens (including phenoxy) is 2. The van der Waals surface area contributed by atoms with Crippen LogP contribution in [0.4, 0.5) is 0 Å². The van der Waals surface area contributed by atoms with E-state index in [-0.39, 0.29) is 28.2 Å². The van der Waals surface area contributed by atoms with Crippen LogP contribution >= 0.6 is 0 Å². The molecule has 162 valence electrons. The highest BCUT2D eigenvalue weighted by Crippen LogP contribution is 2.36. The average molecular weight is 425 g/mol. The summed E-state index contributed by atoms with van der Waals surface area (Å²) in [6.07, 6.45) is 5.13. The molecule has 0 radical (unpaired) electrons. The van der Waals surface area contributed by atoms with Gasteiger partial charge in [-0.05, 0) is 51.8 Å². The molecule has 1 fully saturated rings. The standard InChI is InChI=1S/C21H32N2O5S/c1-6-11-23-12-7-8-17(23)9-10-18(24)16-13-19(27-4)21(28-5)20(14-16)29(25,26)22-15(2)3/h6,13-15,17,22H,1,7-12H2,2-5H3. The second-order valence-electron chi connectivity index (χ2n) is 7.53. The molecule has 1 aromatic carbocycles. The molecule has 1 unspecified atom stereocenters. The molecule has 0 amide bonds. The molecule has 1 aliphatic rings. The predicted molar refractivity (Wildman–Crippen MR) is 113 cm³/mol. The van der Waals surface area contributed by atoms with Crippen molar-refractivity contribution in [2.75, 3.05) is 27.3 Å². The van der Waals surface area contributed by atoms with Gasteiger partial charge in [-0.1, -0.05) is 6.08 Å². The van der Waals surface area contributed by atoms with Crippen LogP contribution in [-0.2, 0) is 10.0 Å². The Morgan fingerprint density at radius 2 is 2.07 bits per heavy atom. The summed E-state index contributed by atoms with van der Waals surface area (Å²) in [5, 5.41) is 0. The van der Waals surface area contributed by atoms with Gasteiger partial charge in [0, 0.05) is 30.6 Å². The van der Waals surface area contributed by atoms with Gasteiger partial charge in [-0.3, -0.25) is 9.69 Å². The van der Waals surface area contributed by atoms with Crippen LogP contribution in [0.2, 0.25) is 0 Å². The number of nitrogens with one attached hydrogen (secondary N) is 1. The van der Waals surface area contributed by atoms with Crippen molar-refractivity contribution >= 4 is 15.8 Å². The average Bonchev–Trinajstić information content (AvgIpc) is 3.11. The van der Waals surface area contributed by atoms with Crippen LogP contribution in [0, 0.1) is 0 Å². The Bertz CT molecular complexity index is 836. The largest absolute Gasteiger partial charge is 0.493 e. The zero-order chi connectivity index (χ0) is 21.6. The van der Waals surface area contributed by atoms with Crippen LogP contribution in [0.15, 0.2) is 29.7 Å². The normalized spacial score (nSPS) is 17.5. The summed E-state index contributed by atoms with van der Waals surface area (Å²) in [5.74, 6) is 0.194. The quantitative estimate of drug-likeness (QED) is 0.434. The fraction of sp³-hybridized carbons (Fsp3) is 0.571. The number of hydrogen-bond acceptors (Lipinski definition) is 6. The number of hydrogen-bond donors (Lipinski definition) is 1. The van der Waals surface area contributed by atoms with Crippen LogP contribution in [0.3, 0.4) is 0 Å². The molecule has 0 aromatic heterocycles. The van der Waals surface area contributed by atoms with E-state index in [0.717, 1.165) is 32.4 Å². The smallest absolute Gasteiger partial charge is 0.244 e. The fourth-order valence-electron chi connectivity index (χ4n) is 3.73. The maximum Gasteiger partial charge on any atom is 0.244 e. The number of ketones is 1. The van der Waals surface area contributed by atoms with Crippen LogP contribution in [0.25, 0.3) is 0 Å². The fourth-order valence-corrected chi connectivity index (χ4v) is 5.19. The number of carbonyl (C=O) groups excluding carboxylic acids is 1. The van der Waals surface area contributed by atoms with Crippen LogP contribution in [-0.4, -0.2) is 58.5 Å². The van der Waals surface area contributed by atoms with Crippen molar-refractivity contribution in [2.24, 2.45) is 0 Å². The molecule has 0 saturated carbocycles. The van der Waals surface area contributed by atoms with Crippen molar-refractivity contribution in [2.45, 2.75) is 56.5 Å². The lowest BCUT2D eigenvalue weighted by atomic mass is 10.0. The number of carbonyl (C=O) groups is 1. The summed E-state index contributed by atoms with van der Waals surface area (Å²) in [7, 11) is -1.07. The monoisotopic (exact) mass is 424 g/mol. The number of methoxy groups -OCH3 is 2. The van der Waals surface area contributed by atoms with Crippen LogP contribution < -0.4 is 14.2 Å². The van der Waals surface area contributed by atoms with Gasteiger partial charge in [-0.25, -0.2) is 13.1 Å². The summed E-state index contributed by atoms with van der Waals surface area (Å²) in [6, 6.07) is 2.98. The number of likely N-dealkylation sites (tertiary alicyclic amines) is 1. The third-order valence-electron chi connectivity index (χ3n) is 5.01. The number of nitrogens with zero attached hydrogens (tertiary/aromatic N) is 1. The molecule has 2 rings (SSSR count). The number of sulfonamides is 1. The Morgan fingerprint density at radius 3 is 2.66 bits per heavy atom. The first-order valence-corrected chi connectivity index (χ1v) is 11.4. The first-order valence-electron chi connectivity index (χ1n) is 9.90. The van der Waals surface area contributed by atoms with E-state index in [9.17, 15) is 13.2 Å². The third-order valence-corrected chi connectivity index (χ3v) is 6.68. The number of benzene rings is 1. The molecule has 0 spiro atoms. The highest BCUT2D eigenvalue weighted by atomic mass is 32.2. The lowest BCUT2D eigenvalue weighted by molar-refractivity contribution is 0.0968. The molecular formula is C21H32N2O5S. The Labute approximate surface area is 174 Å². The zero-order valence-corrected chi connectivity index (χ0v) is 18.5. The lowest BCUT2D eigenvalue weighted by Crippen LogP contribution is -2.31. The summed E-state index contributed by atoms with van der Waals surface area (Å²) in [6.45, 7) is 9.09. The molecular weight excluding hydrogens is 392 g/mol. The first-order chi connectivity index (χ1) is 13.7. The molecule has 1 aliphatic heterocycles. The second kappa shape index (κ2) is 10.2. The van der Waals surface area contributed by atoms with Crippen LogP contribution in [0.5, 0.6) is 11.5 Å². The molecule has 8 heteroatoms. The van der Waals surface area contributed by atoms with Crippen molar-refractivity contribution in [1.82, 2.24) is 9.62 Å². The second-order valence-corrected chi connectivity index (χ2v) is 9.21. The van der Waals surface area contributed by atoms with Crippen molar-refractivity contribution in [3.63, 3.8) is 0 Å². The van der Waals surface area contributed by atoms with Crippen molar-refractivity contribution < 1.29 is 22.7 Å². The van der Waals surface area contributed by atoms with Gasteiger partial charge in [-0.15, -0.1) is 6.58 Å². The molecule has 0 aliphatic carbocycles. The van der Waals surface area contributed by atoms with Gasteiger partial charge in [-0.2, -0.15) is 0 Å². The predicted octanol–water partition coefficient (Wildman–Crippen LogP) is 3.00. The Balaban J connectivity index is 2.29. The number of rotatable bonds is 11. The lowest BCUT2D eigenvalue weighted by Gasteiger charge is -2.22. The van der Waals surface area contributed by atoms with E-state index in [4.69, 9.17) is 9.47 Å². The Hall–Kier alpha value is -1.90. The summed E-state index contributed by atoms with van der Waals surface area (Å²) < 4.78 is 38.7. The SMILES string of the molecule is C=CCN1CCCC1CCC(=O)c1cc(OC)c(OC)c(S(=O)(=O)NC(C)C)c1. The highest BCUT2D eigenvalue weighted by Gasteiger charge is 2.27. The van der Waals surface area contributed by atoms with Gasteiger partial charge in [0.15, 0.2) is 17.3 Å². The first kappa shape index (κ1) is 23.4. The molecule has 1 saturated heterocycles. The maximum absolute atomic E-state index is 12.9. The highest BCUT2D eigenvalue weighted by molar-refractivity contribution is 7.89. The Morgan fingerprint density at radius 1 is 1.34 bits per heavy atom. The minimum atomic E-state index is -3.86. The molecule has 1 aromatic rings. The summed E-state index contributed by atoms with van der Waals surface area (Å²) in [5.41, 5.74) is 0.306.